The Bertz CT molecular complexity index is 2420. The van der Waals surface area contributed by atoms with Crippen LogP contribution in [0, 0.1) is 0 Å². The Morgan fingerprint density at radius 1 is 0.358 bits per heavy atom. The molecular weight excluding hydrogens is 645 g/mol. The van der Waals surface area contributed by atoms with E-state index in [1.165, 1.54) is 33.0 Å². The van der Waals surface area contributed by atoms with Crippen LogP contribution < -0.4 is 0 Å². The van der Waals surface area contributed by atoms with Gasteiger partial charge in [0.05, 0.1) is 45.2 Å². The number of benzene rings is 3. The fraction of sp³-hybridized carbons (Fsp3) is 0.327. The minimum atomic E-state index is -0.120. The van der Waals surface area contributed by atoms with Crippen LogP contribution in [-0.2, 0) is 21.7 Å². The van der Waals surface area contributed by atoms with E-state index >= 15 is 0 Å². The molecule has 0 amide bonds. The van der Waals surface area contributed by atoms with E-state index in [1.54, 1.807) is 0 Å². The smallest absolute Gasteiger partial charge is 0.0900 e. The maximum Gasteiger partial charge on any atom is 0.0900 e. The van der Waals surface area contributed by atoms with Crippen molar-refractivity contribution in [2.24, 2.45) is 0 Å². The molecule has 1 aliphatic heterocycles. The Kier molecular flexibility index (Phi) is 7.72. The minimum absolute atomic E-state index is 0.0810. The molecule has 8 rings (SSSR count). The average molecular weight is 697 g/mol. The number of aromatic nitrogens is 4. The second kappa shape index (κ2) is 11.7. The van der Waals surface area contributed by atoms with E-state index in [0.717, 1.165) is 67.5 Å². The standard InChI is InChI=1S/C49H52N4/c1-46(2,3)30-20-34-35-21-31(47(4,5)6)23-37-39-25-33(49(10,11)12)27-43(51-39)41-19-29(28-16-14-13-15-17-28)18-40(52-41)42-26-32(48(7,8)9)24-38(50-42)36(22-30)44(34)53-45(35)37/h13-27,53H,1-12H3. The first-order chi connectivity index (χ1) is 24.7. The van der Waals surface area contributed by atoms with Crippen molar-refractivity contribution in [2.75, 3.05) is 0 Å². The first kappa shape index (κ1) is 35.0. The van der Waals surface area contributed by atoms with Gasteiger partial charge in [-0.2, -0.15) is 0 Å². The molecule has 0 aliphatic carbocycles. The highest BCUT2D eigenvalue weighted by atomic mass is 14.8. The van der Waals surface area contributed by atoms with E-state index in [4.69, 9.17) is 15.0 Å². The van der Waals surface area contributed by atoms with Gasteiger partial charge in [-0.1, -0.05) is 113 Å². The monoisotopic (exact) mass is 696 g/mol. The summed E-state index contributed by atoms with van der Waals surface area (Å²) in [7, 11) is 0. The molecule has 0 fully saturated rings. The Morgan fingerprint density at radius 2 is 0.698 bits per heavy atom. The molecule has 0 saturated carbocycles. The molecule has 1 N–H and O–H groups in total. The van der Waals surface area contributed by atoms with Crippen molar-refractivity contribution >= 4 is 21.8 Å². The molecule has 3 aromatic carbocycles. The summed E-state index contributed by atoms with van der Waals surface area (Å²) in [4.78, 5) is 20.5. The lowest BCUT2D eigenvalue weighted by molar-refractivity contribution is 0.589. The van der Waals surface area contributed by atoms with Crippen LogP contribution >= 0.6 is 0 Å². The van der Waals surface area contributed by atoms with Gasteiger partial charge in [0.25, 0.3) is 0 Å². The SMILES string of the molecule is CC(C)(C)c1cc2nc(c1)-c1cc(C(C)(C)C)cc3c1[nH]c1c(cc(C(C)(C)C)cc13)-c1cc(C(C)(C)C)cc(n1)-c1cc(-c3ccccc3)cc-2n1. The summed E-state index contributed by atoms with van der Waals surface area (Å²) in [6.07, 6.45) is 0. The van der Waals surface area contributed by atoms with Crippen molar-refractivity contribution in [1.29, 1.82) is 0 Å². The average Bonchev–Trinajstić information content (AvgIpc) is 3.47. The number of H-pyrrole nitrogens is 1. The molecule has 0 saturated heterocycles. The van der Waals surface area contributed by atoms with Crippen LogP contribution in [0.15, 0.2) is 91.0 Å². The van der Waals surface area contributed by atoms with Crippen molar-refractivity contribution in [2.45, 2.75) is 105 Å². The van der Waals surface area contributed by atoms with Gasteiger partial charge in [0, 0.05) is 21.9 Å². The molecule has 4 heteroatoms. The first-order valence-corrected chi connectivity index (χ1v) is 19.0. The normalized spacial score (nSPS) is 13.3. The Hall–Kier alpha value is -5.09. The van der Waals surface area contributed by atoms with Crippen molar-refractivity contribution in [3.63, 3.8) is 0 Å². The highest BCUT2D eigenvalue weighted by Crippen LogP contribution is 2.44. The predicted octanol–water partition coefficient (Wildman–Crippen LogP) is 13.3. The summed E-state index contributed by atoms with van der Waals surface area (Å²) in [6, 6.07) is 33.6. The van der Waals surface area contributed by atoms with Crippen LogP contribution in [0.5, 0.6) is 0 Å². The van der Waals surface area contributed by atoms with Crippen LogP contribution in [0.2, 0.25) is 0 Å². The maximum atomic E-state index is 5.52. The number of fused-ring (bicyclic) bond motifs is 11. The van der Waals surface area contributed by atoms with Gasteiger partial charge in [0.1, 0.15) is 0 Å². The Balaban J connectivity index is 1.62. The molecule has 4 nitrogen and oxygen atoms in total. The lowest BCUT2D eigenvalue weighted by Crippen LogP contribution is -2.13. The number of aromatic amines is 1. The van der Waals surface area contributed by atoms with E-state index in [2.05, 4.69) is 179 Å². The molecule has 7 aromatic rings. The van der Waals surface area contributed by atoms with Crippen LogP contribution in [0.1, 0.15) is 105 Å². The number of nitrogens with one attached hydrogen (secondary N) is 1. The molecule has 1 aliphatic rings. The van der Waals surface area contributed by atoms with Crippen molar-refractivity contribution in [3.05, 3.63) is 113 Å². The number of nitrogens with zero attached hydrogens (tertiary/aromatic N) is 3. The lowest BCUT2D eigenvalue weighted by Gasteiger charge is -2.23. The number of pyridine rings is 3. The van der Waals surface area contributed by atoms with Crippen LogP contribution in [-0.4, -0.2) is 19.9 Å². The molecule has 0 radical (unpaired) electrons. The lowest BCUT2D eigenvalue weighted by atomic mass is 9.82. The van der Waals surface area contributed by atoms with Gasteiger partial charge in [-0.15, -0.1) is 0 Å². The molecule has 0 spiro atoms. The van der Waals surface area contributed by atoms with Crippen LogP contribution in [0.3, 0.4) is 0 Å². The minimum Gasteiger partial charge on any atom is -0.353 e. The second-order valence-electron chi connectivity index (χ2n) is 19.3. The third-order valence-electron chi connectivity index (χ3n) is 10.9. The van der Waals surface area contributed by atoms with Gasteiger partial charge in [0.2, 0.25) is 0 Å². The summed E-state index contributed by atoms with van der Waals surface area (Å²) >= 11 is 0. The zero-order valence-electron chi connectivity index (χ0n) is 33.5. The number of hydrogen-bond acceptors (Lipinski definition) is 3. The Labute approximate surface area is 315 Å². The van der Waals surface area contributed by atoms with Crippen LogP contribution in [0.25, 0.3) is 78.2 Å². The topological polar surface area (TPSA) is 54.5 Å². The zero-order valence-corrected chi connectivity index (χ0v) is 33.5. The fourth-order valence-corrected chi connectivity index (χ4v) is 7.43. The summed E-state index contributed by atoms with van der Waals surface area (Å²) < 4.78 is 0. The van der Waals surface area contributed by atoms with Gasteiger partial charge in [0.15, 0.2) is 0 Å². The second-order valence-corrected chi connectivity index (χ2v) is 19.3. The number of rotatable bonds is 1. The third kappa shape index (κ3) is 6.26. The van der Waals surface area contributed by atoms with Gasteiger partial charge in [-0.05, 0) is 116 Å². The molecule has 268 valence electrons. The molecule has 5 heterocycles. The zero-order chi connectivity index (χ0) is 37.8. The van der Waals surface area contributed by atoms with Crippen LogP contribution in [0.4, 0.5) is 0 Å². The van der Waals surface area contributed by atoms with Gasteiger partial charge < -0.3 is 4.98 Å². The van der Waals surface area contributed by atoms with E-state index in [1.807, 2.05) is 0 Å². The first-order valence-electron chi connectivity index (χ1n) is 19.0. The van der Waals surface area contributed by atoms with Gasteiger partial charge in [-0.25, -0.2) is 15.0 Å². The summed E-state index contributed by atoms with van der Waals surface area (Å²) in [5.41, 5.74) is 16.5. The molecule has 0 atom stereocenters. The predicted molar refractivity (Wildman–Crippen MR) is 225 cm³/mol. The fourth-order valence-electron chi connectivity index (χ4n) is 7.43. The molecule has 4 aromatic heterocycles. The third-order valence-corrected chi connectivity index (χ3v) is 10.9. The maximum absolute atomic E-state index is 5.52. The van der Waals surface area contributed by atoms with E-state index < -0.39 is 0 Å². The van der Waals surface area contributed by atoms with Crippen molar-refractivity contribution in [1.82, 2.24) is 19.9 Å². The largest absolute Gasteiger partial charge is 0.353 e. The van der Waals surface area contributed by atoms with Crippen molar-refractivity contribution in [3.8, 4) is 56.4 Å². The van der Waals surface area contributed by atoms with Gasteiger partial charge in [-0.3, -0.25) is 0 Å². The van der Waals surface area contributed by atoms with E-state index in [-0.39, 0.29) is 21.7 Å². The summed E-state index contributed by atoms with van der Waals surface area (Å²) in [6.45, 7) is 27.5. The molecular formula is C49H52N4. The van der Waals surface area contributed by atoms with E-state index in [0.29, 0.717) is 0 Å². The molecule has 53 heavy (non-hydrogen) atoms. The highest BCUT2D eigenvalue weighted by Gasteiger charge is 2.27. The van der Waals surface area contributed by atoms with Gasteiger partial charge >= 0.3 is 0 Å². The summed E-state index contributed by atoms with van der Waals surface area (Å²) in [5.74, 6) is 0. The van der Waals surface area contributed by atoms with Crippen molar-refractivity contribution < 1.29 is 0 Å². The number of hydrogen-bond donors (Lipinski definition) is 1. The highest BCUT2D eigenvalue weighted by molar-refractivity contribution is 6.15. The Morgan fingerprint density at radius 3 is 1.09 bits per heavy atom. The quantitative estimate of drug-likeness (QED) is 0.186. The summed E-state index contributed by atoms with van der Waals surface area (Å²) in [5, 5.41) is 2.43. The van der Waals surface area contributed by atoms with E-state index in [9.17, 15) is 0 Å². The molecule has 8 bridgehead atoms. The molecule has 0 unspecified atom stereocenters.